The van der Waals surface area contributed by atoms with Crippen molar-refractivity contribution in [3.05, 3.63) is 0 Å². The van der Waals surface area contributed by atoms with E-state index in [9.17, 15) is 9.59 Å². The summed E-state index contributed by atoms with van der Waals surface area (Å²) in [5.74, 6) is 1.04. The zero-order chi connectivity index (χ0) is 18.8. The molecule has 2 saturated carbocycles. The van der Waals surface area contributed by atoms with Gasteiger partial charge in [-0.15, -0.1) is 0 Å². The molecule has 27 heavy (non-hydrogen) atoms. The van der Waals surface area contributed by atoms with E-state index in [4.69, 9.17) is 10.5 Å². The smallest absolute Gasteiger partial charge is 0.225 e. The van der Waals surface area contributed by atoms with E-state index in [0.717, 1.165) is 45.7 Å². The number of morpholine rings is 1. The Labute approximate surface area is 161 Å². The molecule has 7 heteroatoms. The number of carbonyl (C=O) groups excluding carboxylic acids is 2. The second-order valence-corrected chi connectivity index (χ2v) is 8.91. The Kier molecular flexibility index (Phi) is 5.99. The van der Waals surface area contributed by atoms with Crippen LogP contribution in [-0.4, -0.2) is 79.6 Å². The van der Waals surface area contributed by atoms with Gasteiger partial charge in [-0.2, -0.15) is 0 Å². The second kappa shape index (κ2) is 8.45. The van der Waals surface area contributed by atoms with Crippen molar-refractivity contribution in [1.82, 2.24) is 15.1 Å². The quantitative estimate of drug-likeness (QED) is 0.713. The number of amides is 2. The number of rotatable bonds is 5. The lowest BCUT2D eigenvalue weighted by molar-refractivity contribution is -0.129. The van der Waals surface area contributed by atoms with Gasteiger partial charge < -0.3 is 20.7 Å². The predicted octanol–water partition coefficient (Wildman–Crippen LogP) is 0.189. The van der Waals surface area contributed by atoms with Crippen LogP contribution in [0.2, 0.25) is 0 Å². The van der Waals surface area contributed by atoms with Crippen LogP contribution in [-0.2, 0) is 14.3 Å². The molecule has 2 bridgehead atoms. The first-order valence-electron chi connectivity index (χ1n) is 10.7. The highest BCUT2D eigenvalue weighted by atomic mass is 16.5. The summed E-state index contributed by atoms with van der Waals surface area (Å²) >= 11 is 0. The van der Waals surface area contributed by atoms with E-state index in [2.05, 4.69) is 10.2 Å². The van der Waals surface area contributed by atoms with Gasteiger partial charge in [0.15, 0.2) is 0 Å². The molecule has 152 valence electrons. The summed E-state index contributed by atoms with van der Waals surface area (Å²) in [5.41, 5.74) is 6.20. The Bertz CT molecular complexity index is 537. The van der Waals surface area contributed by atoms with E-state index in [1.165, 1.54) is 19.3 Å². The molecule has 0 spiro atoms. The normalized spacial score (nSPS) is 37.4. The van der Waals surface area contributed by atoms with Crippen molar-refractivity contribution in [2.24, 2.45) is 23.5 Å². The van der Waals surface area contributed by atoms with Crippen molar-refractivity contribution in [3.63, 3.8) is 0 Å². The van der Waals surface area contributed by atoms with Crippen LogP contribution in [0.5, 0.6) is 0 Å². The van der Waals surface area contributed by atoms with Crippen LogP contribution in [0.4, 0.5) is 0 Å². The molecule has 4 aliphatic rings. The number of fused-ring (bicyclic) bond motifs is 2. The first-order chi connectivity index (χ1) is 13.1. The summed E-state index contributed by atoms with van der Waals surface area (Å²) in [6, 6.07) is 0.556. The van der Waals surface area contributed by atoms with Crippen molar-refractivity contribution in [1.29, 1.82) is 0 Å². The Hall–Kier alpha value is -1.18. The average molecular weight is 379 g/mol. The van der Waals surface area contributed by atoms with Gasteiger partial charge in [0, 0.05) is 51.2 Å². The summed E-state index contributed by atoms with van der Waals surface area (Å²) < 4.78 is 5.37. The predicted molar refractivity (Wildman–Crippen MR) is 102 cm³/mol. The molecule has 2 aliphatic heterocycles. The maximum Gasteiger partial charge on any atom is 0.225 e. The third kappa shape index (κ3) is 4.46. The minimum Gasteiger partial charge on any atom is -0.379 e. The van der Waals surface area contributed by atoms with Crippen molar-refractivity contribution < 1.29 is 14.3 Å². The van der Waals surface area contributed by atoms with Gasteiger partial charge in [0.25, 0.3) is 0 Å². The van der Waals surface area contributed by atoms with E-state index in [-0.39, 0.29) is 29.8 Å². The van der Waals surface area contributed by atoms with E-state index in [1.54, 1.807) is 0 Å². The van der Waals surface area contributed by atoms with Crippen LogP contribution >= 0.6 is 0 Å². The zero-order valence-corrected chi connectivity index (χ0v) is 16.3. The Morgan fingerprint density at radius 2 is 1.85 bits per heavy atom. The molecule has 3 unspecified atom stereocenters. The van der Waals surface area contributed by atoms with Crippen molar-refractivity contribution in [3.8, 4) is 0 Å². The SMILES string of the molecule is NC1CC2CCCC(C1)C2NC(=O)C1CC(=O)N(CCN2CCOCC2)C1. The standard InChI is InChI=1S/C20H34N4O3/c21-17-10-14-2-1-3-15(11-17)19(14)22-20(26)16-12-18(25)24(13-16)5-4-23-6-8-27-9-7-23/h14-17,19H,1-13,21H2,(H,22,26). The van der Waals surface area contributed by atoms with E-state index < -0.39 is 0 Å². The lowest BCUT2D eigenvalue weighted by Crippen LogP contribution is -2.54. The Morgan fingerprint density at radius 1 is 1.15 bits per heavy atom. The number of nitrogens with two attached hydrogens (primary N) is 1. The van der Waals surface area contributed by atoms with Crippen LogP contribution in [0.1, 0.15) is 38.5 Å². The van der Waals surface area contributed by atoms with E-state index in [0.29, 0.717) is 31.3 Å². The van der Waals surface area contributed by atoms with Crippen LogP contribution in [0.25, 0.3) is 0 Å². The number of likely N-dealkylation sites (tertiary alicyclic amines) is 1. The maximum atomic E-state index is 12.9. The zero-order valence-electron chi connectivity index (χ0n) is 16.3. The fourth-order valence-corrected chi connectivity index (χ4v) is 5.56. The van der Waals surface area contributed by atoms with E-state index >= 15 is 0 Å². The van der Waals surface area contributed by atoms with Gasteiger partial charge in [-0.1, -0.05) is 6.42 Å². The van der Waals surface area contributed by atoms with Gasteiger partial charge in [0.1, 0.15) is 0 Å². The number of carbonyl (C=O) groups is 2. The second-order valence-electron chi connectivity index (χ2n) is 8.91. The molecule has 4 fully saturated rings. The lowest BCUT2D eigenvalue weighted by atomic mass is 9.67. The number of nitrogens with one attached hydrogen (secondary N) is 1. The average Bonchev–Trinajstić information content (AvgIpc) is 3.02. The third-order valence-electron chi connectivity index (χ3n) is 7.06. The molecule has 3 N–H and O–H groups in total. The molecule has 2 amide bonds. The van der Waals surface area contributed by atoms with Crippen molar-refractivity contribution in [2.45, 2.75) is 50.6 Å². The van der Waals surface area contributed by atoms with Crippen LogP contribution in [0, 0.1) is 17.8 Å². The monoisotopic (exact) mass is 378 g/mol. The van der Waals surface area contributed by atoms with Gasteiger partial charge in [-0.3, -0.25) is 14.5 Å². The molecule has 7 nitrogen and oxygen atoms in total. The molecule has 0 aromatic heterocycles. The minimum atomic E-state index is -0.196. The van der Waals surface area contributed by atoms with Crippen molar-refractivity contribution >= 4 is 11.8 Å². The summed E-state index contributed by atoms with van der Waals surface area (Å²) in [6.45, 7) is 5.55. The number of nitrogens with zero attached hydrogens (tertiary/aromatic N) is 2. The maximum absolute atomic E-state index is 12.9. The molecule has 0 aromatic rings. The third-order valence-corrected chi connectivity index (χ3v) is 7.06. The van der Waals surface area contributed by atoms with E-state index in [1.807, 2.05) is 4.90 Å². The topological polar surface area (TPSA) is 87.9 Å². The molecule has 3 atom stereocenters. The fourth-order valence-electron chi connectivity index (χ4n) is 5.56. The summed E-state index contributed by atoms with van der Waals surface area (Å²) in [4.78, 5) is 29.5. The fraction of sp³-hybridized carbons (Fsp3) is 0.900. The number of ether oxygens (including phenoxy) is 1. The van der Waals surface area contributed by atoms with Gasteiger partial charge in [0.2, 0.25) is 11.8 Å². The molecule has 0 radical (unpaired) electrons. The van der Waals surface area contributed by atoms with Crippen LogP contribution in [0.3, 0.4) is 0 Å². The number of hydrogen-bond donors (Lipinski definition) is 2. The molecule has 2 saturated heterocycles. The van der Waals surface area contributed by atoms with Gasteiger partial charge in [0.05, 0.1) is 19.1 Å². The summed E-state index contributed by atoms with van der Waals surface area (Å²) in [5, 5.41) is 3.33. The Balaban J connectivity index is 1.27. The van der Waals surface area contributed by atoms with Crippen molar-refractivity contribution in [2.75, 3.05) is 45.9 Å². The minimum absolute atomic E-state index is 0.0783. The molecule has 0 aromatic carbocycles. The summed E-state index contributed by atoms with van der Waals surface area (Å²) in [6.07, 6.45) is 6.00. The molecule has 2 aliphatic carbocycles. The molecule has 4 rings (SSSR count). The highest BCUT2D eigenvalue weighted by Crippen LogP contribution is 2.39. The number of hydrogen-bond acceptors (Lipinski definition) is 5. The first kappa shape index (κ1) is 19.2. The lowest BCUT2D eigenvalue weighted by Gasteiger charge is -2.45. The highest BCUT2D eigenvalue weighted by Gasteiger charge is 2.42. The largest absolute Gasteiger partial charge is 0.379 e. The molecular weight excluding hydrogens is 344 g/mol. The van der Waals surface area contributed by atoms with Crippen LogP contribution in [0.15, 0.2) is 0 Å². The highest BCUT2D eigenvalue weighted by molar-refractivity contribution is 5.89. The van der Waals surface area contributed by atoms with Crippen LogP contribution < -0.4 is 11.1 Å². The first-order valence-corrected chi connectivity index (χ1v) is 10.7. The molecular formula is C20H34N4O3. The Morgan fingerprint density at radius 3 is 2.56 bits per heavy atom. The molecule has 2 heterocycles. The van der Waals surface area contributed by atoms with Gasteiger partial charge >= 0.3 is 0 Å². The van der Waals surface area contributed by atoms with Gasteiger partial charge in [-0.25, -0.2) is 0 Å². The van der Waals surface area contributed by atoms with Gasteiger partial charge in [-0.05, 0) is 37.5 Å². The summed E-state index contributed by atoms with van der Waals surface area (Å²) in [7, 11) is 0.